The van der Waals surface area contributed by atoms with Crippen molar-refractivity contribution in [2.75, 3.05) is 20.2 Å². The van der Waals surface area contributed by atoms with Crippen LogP contribution in [0.5, 0.6) is 0 Å². The van der Waals surface area contributed by atoms with Crippen LogP contribution in [0, 0.1) is 12.7 Å². The van der Waals surface area contributed by atoms with Gasteiger partial charge in [-0.2, -0.15) is 0 Å². The number of hydrogen-bond acceptors (Lipinski definition) is 5. The highest BCUT2D eigenvalue weighted by Gasteiger charge is 2.49. The Morgan fingerprint density at radius 2 is 1.72 bits per heavy atom. The molecule has 0 atom stereocenters. The molecule has 2 aromatic rings. The maximum absolute atomic E-state index is 14.2. The summed E-state index contributed by atoms with van der Waals surface area (Å²) in [5, 5.41) is 0.408. The van der Waals surface area contributed by atoms with Crippen molar-refractivity contribution in [2.24, 2.45) is 0 Å². The Morgan fingerprint density at radius 3 is 2.31 bits per heavy atom. The van der Waals surface area contributed by atoms with Crippen LogP contribution in [0.1, 0.15) is 36.8 Å². The third-order valence-electron chi connectivity index (χ3n) is 6.02. The summed E-state index contributed by atoms with van der Waals surface area (Å²) in [5.74, 6) is -1.25. The summed E-state index contributed by atoms with van der Waals surface area (Å²) in [6.07, 6.45) is 0.157. The van der Waals surface area contributed by atoms with E-state index in [4.69, 9.17) is 11.6 Å². The van der Waals surface area contributed by atoms with Crippen LogP contribution in [0.15, 0.2) is 47.4 Å². The highest BCUT2D eigenvalue weighted by atomic mass is 35.5. The SMILES string of the molecule is COC(=O)CCC(=O)N1CCC(c2cc(F)ccc2C)(S(=O)(=O)c2ccc(Cl)cc2)CC1. The first kappa shape index (κ1) is 24.2. The number of carbonyl (C=O) groups excluding carboxylic acids is 2. The average molecular weight is 482 g/mol. The van der Waals surface area contributed by atoms with Crippen molar-refractivity contribution in [1.29, 1.82) is 0 Å². The van der Waals surface area contributed by atoms with E-state index in [-0.39, 0.29) is 49.6 Å². The molecule has 0 saturated carbocycles. The van der Waals surface area contributed by atoms with Gasteiger partial charge < -0.3 is 9.64 Å². The summed E-state index contributed by atoms with van der Waals surface area (Å²) in [6.45, 7) is 2.09. The van der Waals surface area contributed by atoms with Crippen LogP contribution < -0.4 is 0 Å². The normalized spacial score (nSPS) is 15.9. The molecule has 0 aliphatic carbocycles. The summed E-state index contributed by atoms with van der Waals surface area (Å²) >= 11 is 5.94. The zero-order valence-electron chi connectivity index (χ0n) is 17.9. The molecule has 1 amide bonds. The first-order valence-corrected chi connectivity index (χ1v) is 12.1. The van der Waals surface area contributed by atoms with Gasteiger partial charge in [-0.05, 0) is 67.3 Å². The smallest absolute Gasteiger partial charge is 0.306 e. The Labute approximate surface area is 192 Å². The number of aryl methyl sites for hydroxylation is 1. The minimum Gasteiger partial charge on any atom is -0.469 e. The number of esters is 1. The number of likely N-dealkylation sites (tertiary alicyclic amines) is 1. The predicted molar refractivity (Wildman–Crippen MR) is 119 cm³/mol. The number of methoxy groups -OCH3 is 1. The lowest BCUT2D eigenvalue weighted by Crippen LogP contribution is -2.49. The molecule has 32 heavy (non-hydrogen) atoms. The van der Waals surface area contributed by atoms with Crippen LogP contribution in [0.3, 0.4) is 0 Å². The Morgan fingerprint density at radius 1 is 1.09 bits per heavy atom. The minimum absolute atomic E-state index is 0.0113. The van der Waals surface area contributed by atoms with E-state index in [0.717, 1.165) is 0 Å². The molecule has 0 aromatic heterocycles. The number of amides is 1. The number of piperidine rings is 1. The fraction of sp³-hybridized carbons (Fsp3) is 0.391. The summed E-state index contributed by atoms with van der Waals surface area (Å²) in [6, 6.07) is 10.0. The number of rotatable bonds is 6. The van der Waals surface area contributed by atoms with Gasteiger partial charge in [-0.25, -0.2) is 12.8 Å². The molecule has 1 saturated heterocycles. The van der Waals surface area contributed by atoms with Crippen molar-refractivity contribution in [3.63, 3.8) is 0 Å². The van der Waals surface area contributed by atoms with E-state index in [1.807, 2.05) is 0 Å². The van der Waals surface area contributed by atoms with Crippen molar-refractivity contribution < 1.29 is 27.1 Å². The highest BCUT2D eigenvalue weighted by molar-refractivity contribution is 7.92. The lowest BCUT2D eigenvalue weighted by molar-refractivity contribution is -0.143. The topological polar surface area (TPSA) is 80.8 Å². The van der Waals surface area contributed by atoms with Crippen LogP contribution >= 0.6 is 11.6 Å². The second kappa shape index (κ2) is 9.58. The molecule has 0 spiro atoms. The Kier molecular flexibility index (Phi) is 7.25. The van der Waals surface area contributed by atoms with E-state index >= 15 is 0 Å². The van der Waals surface area contributed by atoms with Gasteiger partial charge in [0.2, 0.25) is 5.91 Å². The van der Waals surface area contributed by atoms with Gasteiger partial charge in [0.1, 0.15) is 10.6 Å². The quantitative estimate of drug-likeness (QED) is 0.582. The van der Waals surface area contributed by atoms with Crippen molar-refractivity contribution in [1.82, 2.24) is 4.90 Å². The molecule has 1 fully saturated rings. The molecule has 0 N–H and O–H groups in total. The summed E-state index contributed by atoms with van der Waals surface area (Å²) in [5.41, 5.74) is 1.06. The number of ether oxygens (including phenoxy) is 1. The average Bonchev–Trinajstić information content (AvgIpc) is 2.79. The van der Waals surface area contributed by atoms with E-state index in [0.29, 0.717) is 16.1 Å². The molecule has 1 aliphatic heterocycles. The zero-order chi connectivity index (χ0) is 23.5. The van der Waals surface area contributed by atoms with Gasteiger partial charge in [-0.3, -0.25) is 9.59 Å². The summed E-state index contributed by atoms with van der Waals surface area (Å²) < 4.78 is 45.2. The predicted octanol–water partition coefficient (Wildman–Crippen LogP) is 4.03. The first-order chi connectivity index (χ1) is 15.1. The van der Waals surface area contributed by atoms with Gasteiger partial charge in [0, 0.05) is 24.5 Å². The van der Waals surface area contributed by atoms with Crippen molar-refractivity contribution in [2.45, 2.75) is 42.2 Å². The maximum atomic E-state index is 14.2. The van der Waals surface area contributed by atoms with E-state index in [2.05, 4.69) is 4.74 Å². The molecular weight excluding hydrogens is 457 g/mol. The first-order valence-electron chi connectivity index (χ1n) is 10.2. The fourth-order valence-corrected chi connectivity index (χ4v) is 6.49. The number of hydrogen-bond donors (Lipinski definition) is 0. The van der Waals surface area contributed by atoms with E-state index in [1.165, 1.54) is 43.5 Å². The largest absolute Gasteiger partial charge is 0.469 e. The molecule has 2 aromatic carbocycles. The molecule has 6 nitrogen and oxygen atoms in total. The van der Waals surface area contributed by atoms with Gasteiger partial charge in [0.25, 0.3) is 0 Å². The zero-order valence-corrected chi connectivity index (χ0v) is 19.5. The van der Waals surface area contributed by atoms with Crippen LogP contribution in [0.2, 0.25) is 5.02 Å². The van der Waals surface area contributed by atoms with Gasteiger partial charge in [-0.15, -0.1) is 0 Å². The summed E-state index contributed by atoms with van der Waals surface area (Å²) in [4.78, 5) is 25.5. The molecule has 3 rings (SSSR count). The van der Waals surface area contributed by atoms with Gasteiger partial charge >= 0.3 is 5.97 Å². The van der Waals surface area contributed by atoms with Crippen LogP contribution in [-0.4, -0.2) is 45.4 Å². The third-order valence-corrected chi connectivity index (χ3v) is 8.83. The lowest BCUT2D eigenvalue weighted by Gasteiger charge is -2.42. The van der Waals surface area contributed by atoms with Gasteiger partial charge in [0.15, 0.2) is 9.84 Å². The lowest BCUT2D eigenvalue weighted by atomic mass is 9.85. The molecule has 172 valence electrons. The van der Waals surface area contributed by atoms with Crippen molar-refractivity contribution in [3.8, 4) is 0 Å². The Bertz CT molecular complexity index is 1110. The maximum Gasteiger partial charge on any atom is 0.306 e. The molecule has 1 heterocycles. The molecule has 0 bridgehead atoms. The molecule has 0 unspecified atom stereocenters. The molecule has 9 heteroatoms. The van der Waals surface area contributed by atoms with Gasteiger partial charge in [-0.1, -0.05) is 17.7 Å². The number of benzene rings is 2. The summed E-state index contributed by atoms with van der Waals surface area (Å²) in [7, 11) is -2.69. The highest BCUT2D eigenvalue weighted by Crippen LogP contribution is 2.45. The van der Waals surface area contributed by atoms with Crippen molar-refractivity contribution in [3.05, 3.63) is 64.4 Å². The van der Waals surface area contributed by atoms with Crippen LogP contribution in [0.4, 0.5) is 4.39 Å². The second-order valence-electron chi connectivity index (χ2n) is 7.87. The minimum atomic E-state index is -3.95. The van der Waals surface area contributed by atoms with E-state index in [1.54, 1.807) is 17.9 Å². The van der Waals surface area contributed by atoms with Crippen molar-refractivity contribution >= 4 is 33.3 Å². The Hall–Kier alpha value is -2.45. The Balaban J connectivity index is 1.97. The molecule has 0 radical (unpaired) electrons. The number of carbonyl (C=O) groups is 2. The third kappa shape index (κ3) is 4.66. The monoisotopic (exact) mass is 481 g/mol. The van der Waals surface area contributed by atoms with E-state index < -0.39 is 26.4 Å². The second-order valence-corrected chi connectivity index (χ2v) is 10.6. The number of sulfone groups is 1. The van der Waals surface area contributed by atoms with Crippen LogP contribution in [0.25, 0.3) is 0 Å². The van der Waals surface area contributed by atoms with E-state index in [9.17, 15) is 22.4 Å². The molecule has 1 aliphatic rings. The van der Waals surface area contributed by atoms with Gasteiger partial charge in [0.05, 0.1) is 18.4 Å². The standard InChI is InChI=1S/C23H25ClFNO5S/c1-16-3-6-18(25)15-20(16)23(32(29,30)19-7-4-17(24)5-8-19)11-13-26(14-12-23)21(27)9-10-22(28)31-2/h3-8,15H,9-14H2,1-2H3. The fourth-order valence-electron chi connectivity index (χ4n) is 4.19. The number of nitrogens with zero attached hydrogens (tertiary/aromatic N) is 1. The number of halogens is 2. The molecular formula is C23H25ClFNO5S. The van der Waals surface area contributed by atoms with Crippen LogP contribution in [-0.2, 0) is 28.9 Å².